The lowest BCUT2D eigenvalue weighted by atomic mass is 9.90. The summed E-state index contributed by atoms with van der Waals surface area (Å²) in [6, 6.07) is 9.03. The van der Waals surface area contributed by atoms with Crippen molar-refractivity contribution < 1.29 is 27.2 Å². The molecule has 0 atom stereocenters. The minimum Gasteiger partial charge on any atom is -0.325 e. The SMILES string of the molecule is CC(C)(C(=O)Nc1ccc(C(F)(F)F)cc1)C(=O)Nc1cccc(F)c1. The summed E-state index contributed by atoms with van der Waals surface area (Å²) >= 11 is 0. The second-order valence-corrected chi connectivity index (χ2v) is 6.12. The summed E-state index contributed by atoms with van der Waals surface area (Å²) < 4.78 is 50.8. The number of nitrogens with one attached hydrogen (secondary N) is 2. The van der Waals surface area contributed by atoms with Gasteiger partial charge in [-0.1, -0.05) is 6.07 Å². The van der Waals surface area contributed by atoms with Gasteiger partial charge >= 0.3 is 6.18 Å². The average molecular weight is 368 g/mol. The summed E-state index contributed by atoms with van der Waals surface area (Å²) in [7, 11) is 0. The topological polar surface area (TPSA) is 58.2 Å². The van der Waals surface area contributed by atoms with Gasteiger partial charge in [0.2, 0.25) is 11.8 Å². The van der Waals surface area contributed by atoms with Crippen LogP contribution in [-0.2, 0) is 15.8 Å². The van der Waals surface area contributed by atoms with Gasteiger partial charge in [0.15, 0.2) is 0 Å². The van der Waals surface area contributed by atoms with Crippen molar-refractivity contribution in [3.8, 4) is 0 Å². The van der Waals surface area contributed by atoms with E-state index in [9.17, 15) is 27.2 Å². The number of carbonyl (C=O) groups is 2. The lowest BCUT2D eigenvalue weighted by Gasteiger charge is -2.23. The summed E-state index contributed by atoms with van der Waals surface area (Å²) in [5.74, 6) is -1.95. The zero-order chi connectivity index (χ0) is 19.5. The second-order valence-electron chi connectivity index (χ2n) is 6.12. The Morgan fingerprint density at radius 2 is 1.38 bits per heavy atom. The quantitative estimate of drug-likeness (QED) is 0.619. The molecule has 0 aliphatic carbocycles. The van der Waals surface area contributed by atoms with Crippen molar-refractivity contribution in [1.82, 2.24) is 0 Å². The fraction of sp³-hybridized carbons (Fsp3) is 0.222. The van der Waals surface area contributed by atoms with Gasteiger partial charge in [0.05, 0.1) is 5.56 Å². The first-order valence-corrected chi connectivity index (χ1v) is 7.56. The molecule has 2 aromatic carbocycles. The predicted octanol–water partition coefficient (Wildman–Crippen LogP) is 4.45. The number of hydrogen-bond acceptors (Lipinski definition) is 2. The smallest absolute Gasteiger partial charge is 0.325 e. The van der Waals surface area contributed by atoms with E-state index in [2.05, 4.69) is 10.6 Å². The molecule has 2 N–H and O–H groups in total. The summed E-state index contributed by atoms with van der Waals surface area (Å²) in [5, 5.41) is 4.83. The number of halogens is 4. The molecular formula is C18H16F4N2O2. The summed E-state index contributed by atoms with van der Waals surface area (Å²) in [4.78, 5) is 24.7. The molecule has 0 spiro atoms. The van der Waals surface area contributed by atoms with Crippen LogP contribution in [0.4, 0.5) is 28.9 Å². The van der Waals surface area contributed by atoms with E-state index < -0.39 is 34.8 Å². The molecule has 0 aliphatic heterocycles. The van der Waals surface area contributed by atoms with Gasteiger partial charge in [0.1, 0.15) is 11.2 Å². The third-order valence-electron chi connectivity index (χ3n) is 3.69. The van der Waals surface area contributed by atoms with Crippen LogP contribution in [0.3, 0.4) is 0 Å². The van der Waals surface area contributed by atoms with Crippen LogP contribution in [0, 0.1) is 11.2 Å². The fourth-order valence-electron chi connectivity index (χ4n) is 1.99. The molecule has 138 valence electrons. The normalized spacial score (nSPS) is 11.8. The average Bonchev–Trinajstić information content (AvgIpc) is 2.54. The summed E-state index contributed by atoms with van der Waals surface area (Å²) in [5.41, 5.74) is -2.09. The number of benzene rings is 2. The van der Waals surface area contributed by atoms with Gasteiger partial charge in [-0.3, -0.25) is 9.59 Å². The van der Waals surface area contributed by atoms with Crippen molar-refractivity contribution in [3.63, 3.8) is 0 Å². The first-order valence-electron chi connectivity index (χ1n) is 7.56. The minimum absolute atomic E-state index is 0.120. The Morgan fingerprint density at radius 3 is 1.88 bits per heavy atom. The number of anilines is 2. The molecule has 0 saturated heterocycles. The Labute approximate surface area is 147 Å². The molecule has 0 saturated carbocycles. The van der Waals surface area contributed by atoms with Crippen molar-refractivity contribution >= 4 is 23.2 Å². The van der Waals surface area contributed by atoms with E-state index in [1.165, 1.54) is 32.0 Å². The summed E-state index contributed by atoms with van der Waals surface area (Å²) in [6.07, 6.45) is -4.48. The van der Waals surface area contributed by atoms with Gasteiger partial charge in [-0.05, 0) is 56.3 Å². The van der Waals surface area contributed by atoms with Gasteiger partial charge in [-0.2, -0.15) is 13.2 Å². The van der Waals surface area contributed by atoms with E-state index in [4.69, 9.17) is 0 Å². The van der Waals surface area contributed by atoms with E-state index >= 15 is 0 Å². The third-order valence-corrected chi connectivity index (χ3v) is 3.69. The zero-order valence-corrected chi connectivity index (χ0v) is 13.9. The van der Waals surface area contributed by atoms with Crippen LogP contribution in [0.25, 0.3) is 0 Å². The Balaban J connectivity index is 2.08. The molecule has 0 aromatic heterocycles. The highest BCUT2D eigenvalue weighted by molar-refractivity contribution is 6.13. The third kappa shape index (κ3) is 4.59. The Kier molecular flexibility index (Phi) is 5.34. The van der Waals surface area contributed by atoms with Crippen LogP contribution < -0.4 is 10.6 Å². The van der Waals surface area contributed by atoms with Crippen molar-refractivity contribution in [3.05, 3.63) is 59.9 Å². The molecule has 0 radical (unpaired) electrons. The molecule has 2 rings (SSSR count). The van der Waals surface area contributed by atoms with E-state index in [1.807, 2.05) is 0 Å². The maximum Gasteiger partial charge on any atom is 0.416 e. The lowest BCUT2D eigenvalue weighted by molar-refractivity contribution is -0.137. The standard InChI is InChI=1S/C18H16F4N2O2/c1-17(2,16(26)24-14-5-3-4-12(19)10-14)15(25)23-13-8-6-11(7-9-13)18(20,21)22/h3-10H,1-2H3,(H,23,25)(H,24,26). The molecular weight excluding hydrogens is 352 g/mol. The van der Waals surface area contributed by atoms with Gasteiger partial charge in [0.25, 0.3) is 0 Å². The molecule has 0 aliphatic rings. The van der Waals surface area contributed by atoms with Crippen LogP contribution >= 0.6 is 0 Å². The van der Waals surface area contributed by atoms with E-state index in [-0.39, 0.29) is 11.4 Å². The zero-order valence-electron chi connectivity index (χ0n) is 13.9. The Morgan fingerprint density at radius 1 is 0.846 bits per heavy atom. The van der Waals surface area contributed by atoms with E-state index in [0.717, 1.165) is 30.3 Å². The van der Waals surface area contributed by atoms with Crippen LogP contribution in [0.15, 0.2) is 48.5 Å². The van der Waals surface area contributed by atoms with Gasteiger partial charge in [0, 0.05) is 11.4 Å². The largest absolute Gasteiger partial charge is 0.416 e. The van der Waals surface area contributed by atoms with Gasteiger partial charge < -0.3 is 10.6 Å². The fourth-order valence-corrected chi connectivity index (χ4v) is 1.99. The van der Waals surface area contributed by atoms with Gasteiger partial charge in [-0.25, -0.2) is 4.39 Å². The molecule has 0 bridgehead atoms. The second kappa shape index (κ2) is 7.15. The minimum atomic E-state index is -4.48. The van der Waals surface area contributed by atoms with Crippen LogP contribution in [-0.4, -0.2) is 11.8 Å². The van der Waals surface area contributed by atoms with Crippen LogP contribution in [0.1, 0.15) is 19.4 Å². The maximum atomic E-state index is 13.2. The molecule has 2 amide bonds. The number of carbonyl (C=O) groups excluding carboxylic acids is 2. The van der Waals surface area contributed by atoms with Crippen LogP contribution in [0.5, 0.6) is 0 Å². The Bertz CT molecular complexity index is 815. The van der Waals surface area contributed by atoms with E-state index in [0.29, 0.717) is 0 Å². The summed E-state index contributed by atoms with van der Waals surface area (Å²) in [6.45, 7) is 2.70. The highest BCUT2D eigenvalue weighted by Crippen LogP contribution is 2.30. The molecule has 0 heterocycles. The van der Waals surface area contributed by atoms with Crippen molar-refractivity contribution in [2.24, 2.45) is 5.41 Å². The highest BCUT2D eigenvalue weighted by Gasteiger charge is 2.36. The molecule has 2 aromatic rings. The lowest BCUT2D eigenvalue weighted by Crippen LogP contribution is -2.41. The Hall–Kier alpha value is -2.90. The maximum absolute atomic E-state index is 13.2. The first kappa shape index (κ1) is 19.4. The highest BCUT2D eigenvalue weighted by atomic mass is 19.4. The molecule has 0 unspecified atom stereocenters. The number of alkyl halides is 3. The number of amides is 2. The van der Waals surface area contributed by atoms with E-state index in [1.54, 1.807) is 0 Å². The first-order chi connectivity index (χ1) is 12.0. The van der Waals surface area contributed by atoms with Gasteiger partial charge in [-0.15, -0.1) is 0 Å². The van der Waals surface area contributed by atoms with Crippen molar-refractivity contribution in [1.29, 1.82) is 0 Å². The monoisotopic (exact) mass is 368 g/mol. The van der Waals surface area contributed by atoms with Crippen LogP contribution in [0.2, 0.25) is 0 Å². The van der Waals surface area contributed by atoms with Crippen molar-refractivity contribution in [2.75, 3.05) is 10.6 Å². The molecule has 8 heteroatoms. The molecule has 26 heavy (non-hydrogen) atoms. The number of hydrogen-bond donors (Lipinski definition) is 2. The molecule has 0 fully saturated rings. The van der Waals surface area contributed by atoms with Crippen molar-refractivity contribution in [2.45, 2.75) is 20.0 Å². The molecule has 4 nitrogen and oxygen atoms in total. The number of rotatable bonds is 4. The predicted molar refractivity (Wildman–Crippen MR) is 88.9 cm³/mol.